The second-order valence-electron chi connectivity index (χ2n) is 10.5. The molecule has 0 spiro atoms. The third kappa shape index (κ3) is 8.72. The molecule has 2 aromatic carbocycles. The normalized spacial score (nSPS) is 17.1. The van der Waals surface area contributed by atoms with Crippen molar-refractivity contribution in [3.63, 3.8) is 0 Å². The van der Waals surface area contributed by atoms with E-state index in [2.05, 4.69) is 20.8 Å². The number of carbonyl (C=O) groups excluding carboxylic acids is 1. The Hall–Kier alpha value is -4.05. The van der Waals surface area contributed by atoms with E-state index in [1.54, 1.807) is 35.5 Å². The summed E-state index contributed by atoms with van der Waals surface area (Å²) in [7, 11) is 0. The Morgan fingerprint density at radius 1 is 1.27 bits per heavy atom. The molecule has 0 bridgehead atoms. The van der Waals surface area contributed by atoms with Crippen LogP contribution in [0, 0.1) is 5.82 Å². The number of benzene rings is 2. The average molecular weight is 584 g/mol. The number of likely N-dealkylation sites (N-methyl/N-ethyl adjacent to an activating group) is 1. The summed E-state index contributed by atoms with van der Waals surface area (Å²) in [4.78, 5) is 23.9. The van der Waals surface area contributed by atoms with Crippen molar-refractivity contribution in [2.24, 2.45) is 10.1 Å². The molecule has 1 aliphatic carbocycles. The summed E-state index contributed by atoms with van der Waals surface area (Å²) in [6.07, 6.45) is 5.68. The highest BCUT2D eigenvalue weighted by molar-refractivity contribution is 6.32. The van der Waals surface area contributed by atoms with Gasteiger partial charge in [0.1, 0.15) is 36.2 Å². The van der Waals surface area contributed by atoms with E-state index in [-0.39, 0.29) is 31.2 Å². The van der Waals surface area contributed by atoms with E-state index in [0.29, 0.717) is 41.7 Å². The predicted molar refractivity (Wildman–Crippen MR) is 159 cm³/mol. The number of anilines is 1. The highest BCUT2D eigenvalue weighted by Crippen LogP contribution is 2.31. The number of ether oxygens (including phenoxy) is 2. The van der Waals surface area contributed by atoms with Crippen molar-refractivity contribution in [1.29, 1.82) is 0 Å². The fraction of sp³-hybridized carbons (Fsp3) is 0.367. The molecular formula is C30H35ClFN5O4. The summed E-state index contributed by atoms with van der Waals surface area (Å²) in [5.74, 6) is 0.856. The molecule has 2 aromatic rings. The Balaban J connectivity index is 1.36. The second kappa shape index (κ2) is 13.5. The van der Waals surface area contributed by atoms with E-state index < -0.39 is 5.60 Å². The molecule has 0 radical (unpaired) electrons. The van der Waals surface area contributed by atoms with Crippen LogP contribution < -0.4 is 15.4 Å². The topological polar surface area (TPSA) is 96.8 Å². The lowest BCUT2D eigenvalue weighted by molar-refractivity contribution is 0.0191. The van der Waals surface area contributed by atoms with Gasteiger partial charge in [0.15, 0.2) is 0 Å². The molecule has 0 fully saturated rings. The third-order valence-electron chi connectivity index (χ3n) is 6.13. The lowest BCUT2D eigenvalue weighted by Crippen LogP contribution is -2.38. The van der Waals surface area contributed by atoms with Crippen LogP contribution in [0.25, 0.3) is 0 Å². The number of allylic oxidation sites excluding steroid dienone is 1. The number of rotatable bonds is 10. The summed E-state index contributed by atoms with van der Waals surface area (Å²) in [6.45, 7) is 8.69. The number of oxime groups is 1. The van der Waals surface area contributed by atoms with Gasteiger partial charge in [-0.1, -0.05) is 35.0 Å². The Labute approximate surface area is 244 Å². The van der Waals surface area contributed by atoms with E-state index in [0.717, 1.165) is 17.0 Å². The lowest BCUT2D eigenvalue weighted by atomic mass is 9.94. The van der Waals surface area contributed by atoms with Gasteiger partial charge in [-0.05, 0) is 69.7 Å². The molecule has 1 heterocycles. The summed E-state index contributed by atoms with van der Waals surface area (Å²) in [5.41, 5.74) is 2.61. The fourth-order valence-corrected chi connectivity index (χ4v) is 4.35. The number of fused-ring (bicyclic) bond motifs is 1. The van der Waals surface area contributed by atoms with E-state index in [4.69, 9.17) is 25.9 Å². The van der Waals surface area contributed by atoms with Crippen molar-refractivity contribution in [1.82, 2.24) is 10.2 Å². The van der Waals surface area contributed by atoms with E-state index in [1.165, 1.54) is 12.1 Å². The quantitative estimate of drug-likeness (QED) is 0.253. The van der Waals surface area contributed by atoms with Crippen LogP contribution in [0.15, 0.2) is 76.2 Å². The maximum atomic E-state index is 13.4. The first kappa shape index (κ1) is 29.9. The number of aliphatic imine (C=N–C) groups is 1. The van der Waals surface area contributed by atoms with Crippen molar-refractivity contribution in [2.75, 3.05) is 25.0 Å². The van der Waals surface area contributed by atoms with Gasteiger partial charge in [-0.25, -0.2) is 14.2 Å². The zero-order chi connectivity index (χ0) is 29.4. The molecular weight excluding hydrogens is 549 g/mol. The minimum atomic E-state index is -0.559. The Morgan fingerprint density at radius 2 is 2.10 bits per heavy atom. The summed E-state index contributed by atoms with van der Waals surface area (Å²) >= 11 is 6.47. The van der Waals surface area contributed by atoms with E-state index in [9.17, 15) is 9.18 Å². The van der Waals surface area contributed by atoms with Gasteiger partial charge in [-0.15, -0.1) is 0 Å². The smallest absolute Gasteiger partial charge is 0.410 e. The van der Waals surface area contributed by atoms with Gasteiger partial charge in [-0.3, -0.25) is 0 Å². The maximum Gasteiger partial charge on any atom is 0.410 e. The van der Waals surface area contributed by atoms with Crippen LogP contribution in [0.2, 0.25) is 5.02 Å². The highest BCUT2D eigenvalue weighted by Gasteiger charge is 2.25. The molecule has 41 heavy (non-hydrogen) atoms. The van der Waals surface area contributed by atoms with Gasteiger partial charge in [0.25, 0.3) is 0 Å². The molecule has 0 aromatic heterocycles. The van der Waals surface area contributed by atoms with Crippen molar-refractivity contribution in [2.45, 2.75) is 52.4 Å². The number of carbonyl (C=O) groups is 1. The van der Waals surface area contributed by atoms with Gasteiger partial charge < -0.3 is 29.8 Å². The van der Waals surface area contributed by atoms with Crippen LogP contribution in [0.4, 0.5) is 14.9 Å². The maximum absolute atomic E-state index is 13.4. The number of halogens is 2. The van der Waals surface area contributed by atoms with Crippen LogP contribution in [-0.2, 0) is 16.2 Å². The molecule has 1 amide bonds. The molecule has 9 nitrogen and oxygen atoms in total. The number of amides is 1. The molecule has 2 aliphatic rings. The molecule has 11 heteroatoms. The Bertz CT molecular complexity index is 1370. The molecule has 218 valence electrons. The third-order valence-corrected chi connectivity index (χ3v) is 6.42. The largest absolute Gasteiger partial charge is 0.487 e. The van der Waals surface area contributed by atoms with Gasteiger partial charge in [0.05, 0.1) is 29.7 Å². The van der Waals surface area contributed by atoms with Gasteiger partial charge in [0.2, 0.25) is 0 Å². The van der Waals surface area contributed by atoms with E-state index in [1.807, 2.05) is 45.9 Å². The zero-order valence-corrected chi connectivity index (χ0v) is 24.4. The summed E-state index contributed by atoms with van der Waals surface area (Å²) in [5, 5.41) is 11.3. The Morgan fingerprint density at radius 3 is 2.83 bits per heavy atom. The van der Waals surface area contributed by atoms with Crippen LogP contribution in [0.1, 0.15) is 39.7 Å². The number of nitrogens with zero attached hydrogens (tertiary/aromatic N) is 3. The van der Waals surface area contributed by atoms with Crippen LogP contribution in [-0.4, -0.2) is 54.4 Å². The second-order valence-corrected chi connectivity index (χ2v) is 10.9. The summed E-state index contributed by atoms with van der Waals surface area (Å²) in [6, 6.07) is 11.6. The molecule has 1 atom stereocenters. The monoisotopic (exact) mass is 583 g/mol. The zero-order valence-electron chi connectivity index (χ0n) is 23.6. The Kier molecular flexibility index (Phi) is 9.88. The van der Waals surface area contributed by atoms with E-state index >= 15 is 0 Å². The standard InChI is InChI=1S/C30H35ClFN5O4/c1-5-37(29(38)41-30(2,3)4)13-14-40-36-23-9-11-26-24(16-23)28(34-19-33-26)35-22-10-12-27(25(31)17-22)39-18-20-7-6-8-21(32)15-20/h6-12,15,17,19,26,35H,5,13-14,16,18H2,1-4H3,(H,33,34). The number of hydrogen-bond donors (Lipinski definition) is 2. The molecule has 4 rings (SSSR count). The SMILES string of the molecule is CCN(CCON=C1C=CC2NC=NC(Nc3ccc(OCc4cccc(F)c4)c(Cl)c3)=C2C1)C(=O)OC(C)(C)C. The van der Waals surface area contributed by atoms with Crippen molar-refractivity contribution in [3.05, 3.63) is 82.4 Å². The first-order valence-electron chi connectivity index (χ1n) is 13.4. The molecule has 1 unspecified atom stereocenters. The number of hydrogen-bond acceptors (Lipinski definition) is 8. The van der Waals surface area contributed by atoms with Crippen molar-refractivity contribution >= 4 is 35.4 Å². The molecule has 2 N–H and O–H groups in total. The minimum absolute atomic E-state index is 0.0407. The van der Waals surface area contributed by atoms with Crippen molar-refractivity contribution < 1.29 is 23.5 Å². The molecule has 1 aliphatic heterocycles. The first-order valence-corrected chi connectivity index (χ1v) is 13.8. The van der Waals surface area contributed by atoms with Gasteiger partial charge >= 0.3 is 6.09 Å². The van der Waals surface area contributed by atoms with Crippen LogP contribution in [0.5, 0.6) is 5.75 Å². The molecule has 0 saturated carbocycles. The summed E-state index contributed by atoms with van der Waals surface area (Å²) < 4.78 is 24.6. The highest BCUT2D eigenvalue weighted by atomic mass is 35.5. The van der Waals surface area contributed by atoms with Crippen molar-refractivity contribution in [3.8, 4) is 5.75 Å². The van der Waals surface area contributed by atoms with Crippen LogP contribution in [0.3, 0.4) is 0 Å². The minimum Gasteiger partial charge on any atom is -0.487 e. The molecule has 0 saturated heterocycles. The number of nitrogens with one attached hydrogen (secondary N) is 2. The predicted octanol–water partition coefficient (Wildman–Crippen LogP) is 6.27. The first-order chi connectivity index (χ1) is 19.6. The van der Waals surface area contributed by atoms with Gasteiger partial charge in [0, 0.05) is 24.2 Å². The lowest BCUT2D eigenvalue weighted by Gasteiger charge is -2.27. The fourth-order valence-electron chi connectivity index (χ4n) is 4.12. The van der Waals surface area contributed by atoms with Crippen LogP contribution >= 0.6 is 11.6 Å². The van der Waals surface area contributed by atoms with Gasteiger partial charge in [-0.2, -0.15) is 0 Å². The average Bonchev–Trinajstić information content (AvgIpc) is 2.92.